The Morgan fingerprint density at radius 2 is 2.10 bits per heavy atom. The van der Waals surface area contributed by atoms with Gasteiger partial charge >= 0.3 is 0 Å². The third-order valence-electron chi connectivity index (χ3n) is 2.73. The van der Waals surface area contributed by atoms with Gasteiger partial charge in [-0.05, 0) is 42.0 Å². The predicted octanol–water partition coefficient (Wildman–Crippen LogP) is 2.41. The number of nitrogens with zero attached hydrogens (tertiary/aromatic N) is 1. The number of hydrogen-bond acceptors (Lipinski definition) is 3. The van der Waals surface area contributed by atoms with Gasteiger partial charge in [0, 0.05) is 17.8 Å². The molecule has 0 spiro atoms. The molecule has 4 nitrogen and oxygen atoms in total. The number of nitriles is 1. The molecular weight excluding hydrogens is 257 g/mol. The van der Waals surface area contributed by atoms with E-state index in [-0.39, 0.29) is 5.56 Å². The highest BCUT2D eigenvalue weighted by atomic mass is 19.1. The Morgan fingerprint density at radius 3 is 2.80 bits per heavy atom. The first-order valence-corrected chi connectivity index (χ1v) is 5.92. The van der Waals surface area contributed by atoms with Crippen molar-refractivity contribution in [3.8, 4) is 6.07 Å². The molecule has 20 heavy (non-hydrogen) atoms. The summed E-state index contributed by atoms with van der Waals surface area (Å²) >= 11 is 0. The van der Waals surface area contributed by atoms with Gasteiger partial charge in [-0.3, -0.25) is 4.79 Å². The van der Waals surface area contributed by atoms with Crippen LogP contribution in [-0.2, 0) is 6.54 Å². The van der Waals surface area contributed by atoms with E-state index in [4.69, 9.17) is 11.0 Å². The second kappa shape index (κ2) is 5.85. The quantitative estimate of drug-likeness (QED) is 0.894. The molecule has 100 valence electrons. The predicted molar refractivity (Wildman–Crippen MR) is 73.4 cm³/mol. The lowest BCUT2D eigenvalue weighted by Crippen LogP contribution is -2.11. The summed E-state index contributed by atoms with van der Waals surface area (Å²) in [7, 11) is 0. The Bertz CT molecular complexity index is 692. The summed E-state index contributed by atoms with van der Waals surface area (Å²) in [6.45, 7) is 0.342. The van der Waals surface area contributed by atoms with Crippen LogP contribution in [0.2, 0.25) is 0 Å². The van der Waals surface area contributed by atoms with Gasteiger partial charge in [-0.2, -0.15) is 5.26 Å². The number of hydrogen-bond donors (Lipinski definition) is 2. The number of amides is 1. The molecule has 0 aromatic heterocycles. The number of halogens is 1. The molecule has 2 rings (SSSR count). The van der Waals surface area contributed by atoms with Crippen LogP contribution in [0.3, 0.4) is 0 Å². The minimum Gasteiger partial charge on any atom is -0.381 e. The Kier molecular flexibility index (Phi) is 3.96. The number of nitrogens with one attached hydrogen (secondary N) is 1. The molecule has 0 bridgehead atoms. The molecule has 0 heterocycles. The van der Waals surface area contributed by atoms with Gasteiger partial charge in [-0.1, -0.05) is 6.07 Å². The van der Waals surface area contributed by atoms with Gasteiger partial charge in [0.05, 0.1) is 11.6 Å². The fourth-order valence-corrected chi connectivity index (χ4v) is 1.80. The third kappa shape index (κ3) is 3.33. The zero-order chi connectivity index (χ0) is 14.5. The van der Waals surface area contributed by atoms with Crippen LogP contribution in [-0.4, -0.2) is 5.91 Å². The molecule has 0 aliphatic heterocycles. The third-order valence-corrected chi connectivity index (χ3v) is 2.73. The fourth-order valence-electron chi connectivity index (χ4n) is 1.80. The molecule has 0 saturated carbocycles. The molecule has 0 aliphatic rings. The van der Waals surface area contributed by atoms with E-state index in [1.807, 2.05) is 6.07 Å². The summed E-state index contributed by atoms with van der Waals surface area (Å²) in [4.78, 5) is 11.1. The second-order valence-corrected chi connectivity index (χ2v) is 4.26. The molecule has 3 N–H and O–H groups in total. The molecule has 5 heteroatoms. The number of nitrogens with two attached hydrogens (primary N) is 1. The zero-order valence-electron chi connectivity index (χ0n) is 10.6. The lowest BCUT2D eigenvalue weighted by atomic mass is 10.1. The van der Waals surface area contributed by atoms with Crippen molar-refractivity contribution >= 4 is 11.6 Å². The van der Waals surface area contributed by atoms with Crippen LogP contribution in [0.15, 0.2) is 42.5 Å². The SMILES string of the molecule is N#Cc1cc(F)cc(CNc2cccc(C(N)=O)c2)c1. The van der Waals surface area contributed by atoms with E-state index in [9.17, 15) is 9.18 Å². The van der Waals surface area contributed by atoms with E-state index in [0.29, 0.717) is 23.4 Å². The minimum atomic E-state index is -0.508. The highest BCUT2D eigenvalue weighted by Gasteiger charge is 2.03. The van der Waals surface area contributed by atoms with Crippen molar-refractivity contribution in [1.29, 1.82) is 5.26 Å². The van der Waals surface area contributed by atoms with Gasteiger partial charge in [0.25, 0.3) is 0 Å². The maximum absolute atomic E-state index is 13.3. The largest absolute Gasteiger partial charge is 0.381 e. The van der Waals surface area contributed by atoms with Crippen molar-refractivity contribution < 1.29 is 9.18 Å². The first-order valence-electron chi connectivity index (χ1n) is 5.92. The van der Waals surface area contributed by atoms with Crippen LogP contribution in [0.4, 0.5) is 10.1 Å². The van der Waals surface area contributed by atoms with Crippen LogP contribution >= 0.6 is 0 Å². The van der Waals surface area contributed by atoms with Crippen LogP contribution in [0.25, 0.3) is 0 Å². The van der Waals surface area contributed by atoms with Crippen LogP contribution in [0.5, 0.6) is 0 Å². The van der Waals surface area contributed by atoms with Crippen molar-refractivity contribution in [2.24, 2.45) is 5.73 Å². The molecule has 0 atom stereocenters. The summed E-state index contributed by atoms with van der Waals surface area (Å²) in [5.74, 6) is -0.960. The van der Waals surface area contributed by atoms with Crippen LogP contribution in [0.1, 0.15) is 21.5 Å². The normalized spacial score (nSPS) is 9.80. The van der Waals surface area contributed by atoms with E-state index < -0.39 is 11.7 Å². The molecule has 0 fully saturated rings. The smallest absolute Gasteiger partial charge is 0.248 e. The number of carbonyl (C=O) groups is 1. The number of carbonyl (C=O) groups excluding carboxylic acids is 1. The van der Waals surface area contributed by atoms with Crippen LogP contribution < -0.4 is 11.1 Å². The van der Waals surface area contributed by atoms with Crippen molar-refractivity contribution in [2.75, 3.05) is 5.32 Å². The van der Waals surface area contributed by atoms with E-state index >= 15 is 0 Å². The highest BCUT2D eigenvalue weighted by Crippen LogP contribution is 2.14. The Balaban J connectivity index is 2.13. The summed E-state index contributed by atoms with van der Waals surface area (Å²) in [5, 5.41) is 11.8. The minimum absolute atomic E-state index is 0.271. The van der Waals surface area contributed by atoms with E-state index in [0.717, 1.165) is 0 Å². The first-order chi connectivity index (χ1) is 9.58. The molecule has 2 aromatic carbocycles. The summed E-state index contributed by atoms with van der Waals surface area (Å²) in [6.07, 6.45) is 0. The zero-order valence-corrected chi connectivity index (χ0v) is 10.6. The van der Waals surface area contributed by atoms with Gasteiger partial charge in [0.15, 0.2) is 0 Å². The van der Waals surface area contributed by atoms with Crippen LogP contribution in [0, 0.1) is 17.1 Å². The van der Waals surface area contributed by atoms with Crippen molar-refractivity contribution in [3.63, 3.8) is 0 Å². The Hall–Kier alpha value is -2.87. The standard InChI is InChI=1S/C15H12FN3O/c16-13-5-10(8-17)4-11(6-13)9-19-14-3-1-2-12(7-14)15(18)20/h1-7,19H,9H2,(H2,18,20). The monoisotopic (exact) mass is 269 g/mol. The Labute approximate surface area is 115 Å². The summed E-state index contributed by atoms with van der Waals surface area (Å²) in [6, 6.07) is 12.7. The topological polar surface area (TPSA) is 78.9 Å². The summed E-state index contributed by atoms with van der Waals surface area (Å²) < 4.78 is 13.3. The van der Waals surface area contributed by atoms with Gasteiger partial charge in [-0.25, -0.2) is 4.39 Å². The molecule has 0 radical (unpaired) electrons. The molecule has 2 aromatic rings. The molecular formula is C15H12FN3O. The number of rotatable bonds is 4. The number of anilines is 1. The van der Waals surface area contributed by atoms with E-state index in [2.05, 4.69) is 5.32 Å². The lowest BCUT2D eigenvalue weighted by molar-refractivity contribution is 0.100. The maximum Gasteiger partial charge on any atom is 0.248 e. The van der Waals surface area contributed by atoms with Gasteiger partial charge < -0.3 is 11.1 Å². The molecule has 0 saturated heterocycles. The second-order valence-electron chi connectivity index (χ2n) is 4.26. The summed E-state index contributed by atoms with van der Waals surface area (Å²) in [5.41, 5.74) is 7.20. The van der Waals surface area contributed by atoms with E-state index in [1.165, 1.54) is 12.1 Å². The van der Waals surface area contributed by atoms with Gasteiger partial charge in [0.1, 0.15) is 5.82 Å². The maximum atomic E-state index is 13.3. The van der Waals surface area contributed by atoms with Crippen molar-refractivity contribution in [3.05, 3.63) is 65.0 Å². The first kappa shape index (κ1) is 13.6. The van der Waals surface area contributed by atoms with Gasteiger partial charge in [0.2, 0.25) is 5.91 Å². The Morgan fingerprint density at radius 1 is 1.30 bits per heavy atom. The molecule has 0 unspecified atom stereocenters. The average Bonchev–Trinajstić information content (AvgIpc) is 2.44. The van der Waals surface area contributed by atoms with Crippen molar-refractivity contribution in [2.45, 2.75) is 6.54 Å². The fraction of sp³-hybridized carbons (Fsp3) is 0.0667. The number of primary amides is 1. The number of benzene rings is 2. The van der Waals surface area contributed by atoms with E-state index in [1.54, 1.807) is 30.3 Å². The average molecular weight is 269 g/mol. The molecule has 0 aliphatic carbocycles. The lowest BCUT2D eigenvalue weighted by Gasteiger charge is -2.08. The molecule has 1 amide bonds. The van der Waals surface area contributed by atoms with Crippen molar-refractivity contribution in [1.82, 2.24) is 0 Å². The highest BCUT2D eigenvalue weighted by molar-refractivity contribution is 5.93. The van der Waals surface area contributed by atoms with Gasteiger partial charge in [-0.15, -0.1) is 0 Å².